The van der Waals surface area contributed by atoms with Gasteiger partial charge < -0.3 is 4.74 Å². The number of ether oxygens (including phenoxy) is 1. The van der Waals surface area contributed by atoms with Crippen LogP contribution in [0.15, 0.2) is 24.3 Å². The molecule has 0 atom stereocenters. The molecule has 0 radical (unpaired) electrons. The summed E-state index contributed by atoms with van der Waals surface area (Å²) in [5.41, 5.74) is 0.985. The quantitative estimate of drug-likeness (QED) is 0.713. The van der Waals surface area contributed by atoms with E-state index in [0.29, 0.717) is 19.6 Å². The lowest BCUT2D eigenvalue weighted by Crippen LogP contribution is -2.16. The number of sulfonamides is 1. The predicted molar refractivity (Wildman–Crippen MR) is 77.6 cm³/mol. The Labute approximate surface area is 120 Å². The van der Waals surface area contributed by atoms with Crippen LogP contribution in [-0.4, -0.2) is 20.8 Å². The molecule has 0 spiro atoms. The zero-order valence-electron chi connectivity index (χ0n) is 10.8. The second-order valence-electron chi connectivity index (χ2n) is 4.43. The van der Waals surface area contributed by atoms with Crippen LogP contribution >= 0.6 is 11.6 Å². The maximum Gasteiger partial charge on any atom is 0.209 e. The number of benzene rings is 1. The molecule has 0 saturated heterocycles. The van der Waals surface area contributed by atoms with Crippen molar-refractivity contribution in [1.82, 2.24) is 0 Å². The monoisotopic (exact) mass is 305 g/mol. The Bertz CT molecular complexity index is 477. The Morgan fingerprint density at radius 2 is 1.79 bits per heavy atom. The first-order chi connectivity index (χ1) is 8.99. The Morgan fingerprint density at radius 3 is 2.47 bits per heavy atom. The summed E-state index contributed by atoms with van der Waals surface area (Å²) >= 11 is 6.00. The average molecular weight is 306 g/mol. The molecule has 1 rings (SSSR count). The van der Waals surface area contributed by atoms with Crippen LogP contribution in [-0.2, 0) is 21.4 Å². The summed E-state index contributed by atoms with van der Waals surface area (Å²) in [6.45, 7) is 1.16. The van der Waals surface area contributed by atoms with Crippen LogP contribution in [0.25, 0.3) is 0 Å². The smallest absolute Gasteiger partial charge is 0.209 e. The minimum Gasteiger partial charge on any atom is -0.377 e. The number of halogens is 1. The van der Waals surface area contributed by atoms with Gasteiger partial charge in [0, 0.05) is 11.6 Å². The second kappa shape index (κ2) is 8.53. The lowest BCUT2D eigenvalue weighted by molar-refractivity contribution is 0.117. The van der Waals surface area contributed by atoms with E-state index in [1.54, 1.807) is 0 Å². The van der Waals surface area contributed by atoms with E-state index in [0.717, 1.165) is 29.8 Å². The van der Waals surface area contributed by atoms with Gasteiger partial charge in [0.05, 0.1) is 12.4 Å². The third-order valence-electron chi connectivity index (χ3n) is 2.68. The van der Waals surface area contributed by atoms with Crippen LogP contribution in [0.3, 0.4) is 0 Å². The fourth-order valence-electron chi connectivity index (χ4n) is 1.66. The molecule has 19 heavy (non-hydrogen) atoms. The van der Waals surface area contributed by atoms with Crippen LogP contribution in [0.1, 0.15) is 31.2 Å². The number of hydrogen-bond donors (Lipinski definition) is 1. The van der Waals surface area contributed by atoms with Crippen molar-refractivity contribution >= 4 is 21.6 Å². The van der Waals surface area contributed by atoms with Gasteiger partial charge in [0.2, 0.25) is 10.0 Å². The highest BCUT2D eigenvalue weighted by molar-refractivity contribution is 7.89. The zero-order chi connectivity index (χ0) is 14.1. The van der Waals surface area contributed by atoms with Gasteiger partial charge in [-0.15, -0.1) is 0 Å². The molecule has 0 aliphatic rings. The van der Waals surface area contributed by atoms with Crippen molar-refractivity contribution in [2.75, 3.05) is 12.4 Å². The number of unbranched alkanes of at least 4 members (excludes halogenated alkanes) is 3. The van der Waals surface area contributed by atoms with Gasteiger partial charge in [-0.05, 0) is 24.5 Å². The van der Waals surface area contributed by atoms with Crippen LogP contribution < -0.4 is 5.14 Å². The van der Waals surface area contributed by atoms with Gasteiger partial charge in [-0.25, -0.2) is 13.6 Å². The highest BCUT2D eigenvalue weighted by atomic mass is 35.5. The molecule has 2 N–H and O–H groups in total. The number of hydrogen-bond acceptors (Lipinski definition) is 3. The van der Waals surface area contributed by atoms with Gasteiger partial charge >= 0.3 is 0 Å². The van der Waals surface area contributed by atoms with E-state index in [-0.39, 0.29) is 5.75 Å². The summed E-state index contributed by atoms with van der Waals surface area (Å²) in [6, 6.07) is 7.59. The van der Waals surface area contributed by atoms with Crippen LogP contribution in [0.2, 0.25) is 5.02 Å². The summed E-state index contributed by atoms with van der Waals surface area (Å²) in [7, 11) is -3.31. The normalized spacial score (nSPS) is 11.7. The second-order valence-corrected chi connectivity index (χ2v) is 6.57. The number of nitrogens with two attached hydrogens (primary N) is 1. The molecule has 4 nitrogen and oxygen atoms in total. The van der Waals surface area contributed by atoms with Gasteiger partial charge in [0.15, 0.2) is 0 Å². The molecule has 1 aromatic rings. The fourth-order valence-corrected chi connectivity index (χ4v) is 2.46. The van der Waals surface area contributed by atoms with Gasteiger partial charge in [0.25, 0.3) is 0 Å². The Hall–Kier alpha value is -0.620. The Kier molecular flexibility index (Phi) is 7.38. The van der Waals surface area contributed by atoms with E-state index in [1.807, 2.05) is 24.3 Å². The van der Waals surface area contributed by atoms with Gasteiger partial charge in [0.1, 0.15) is 0 Å². The molecule has 0 heterocycles. The predicted octanol–water partition coefficient (Wildman–Crippen LogP) is 2.71. The van der Waals surface area contributed by atoms with E-state index in [1.165, 1.54) is 0 Å². The maximum absolute atomic E-state index is 10.7. The highest BCUT2D eigenvalue weighted by Gasteiger charge is 2.02. The summed E-state index contributed by atoms with van der Waals surface area (Å²) in [6.07, 6.45) is 3.32. The first-order valence-corrected chi connectivity index (χ1v) is 8.40. The molecule has 0 fully saturated rings. The lowest BCUT2D eigenvalue weighted by Gasteiger charge is -2.06. The maximum atomic E-state index is 10.7. The van der Waals surface area contributed by atoms with Crippen molar-refractivity contribution in [3.8, 4) is 0 Å². The van der Waals surface area contributed by atoms with E-state index in [9.17, 15) is 8.42 Å². The van der Waals surface area contributed by atoms with E-state index < -0.39 is 10.0 Å². The molecule has 0 amide bonds. The Balaban J connectivity index is 2.02. The minimum atomic E-state index is -3.31. The molecular weight excluding hydrogens is 286 g/mol. The average Bonchev–Trinajstić information content (AvgIpc) is 2.33. The number of primary sulfonamides is 1. The molecule has 0 bridgehead atoms. The first-order valence-electron chi connectivity index (χ1n) is 6.30. The standard InChI is InChI=1S/C13H20ClNO3S/c14-13-8-4-3-7-12(13)11-18-9-5-1-2-6-10-19(15,16)17/h3-4,7-8H,1-2,5-6,9-11H2,(H2,15,16,17). The van der Waals surface area contributed by atoms with Crippen molar-refractivity contribution in [3.05, 3.63) is 34.9 Å². The van der Waals surface area contributed by atoms with E-state index in [4.69, 9.17) is 21.5 Å². The largest absolute Gasteiger partial charge is 0.377 e. The van der Waals surface area contributed by atoms with Crippen LogP contribution in [0.4, 0.5) is 0 Å². The summed E-state index contributed by atoms with van der Waals surface area (Å²) in [5, 5.41) is 5.63. The summed E-state index contributed by atoms with van der Waals surface area (Å²) in [4.78, 5) is 0. The molecule has 0 aliphatic heterocycles. The highest BCUT2D eigenvalue weighted by Crippen LogP contribution is 2.15. The summed E-state index contributed by atoms with van der Waals surface area (Å²) in [5.74, 6) is 0.0630. The zero-order valence-corrected chi connectivity index (χ0v) is 12.4. The third kappa shape index (κ3) is 8.21. The van der Waals surface area contributed by atoms with Crippen molar-refractivity contribution in [2.45, 2.75) is 32.3 Å². The molecule has 108 valence electrons. The van der Waals surface area contributed by atoms with Crippen molar-refractivity contribution < 1.29 is 13.2 Å². The number of rotatable bonds is 9. The SMILES string of the molecule is NS(=O)(=O)CCCCCCOCc1ccccc1Cl. The van der Waals surface area contributed by atoms with Gasteiger partial charge in [-0.3, -0.25) is 0 Å². The third-order valence-corrected chi connectivity index (χ3v) is 3.91. The van der Waals surface area contributed by atoms with Crippen molar-refractivity contribution in [1.29, 1.82) is 0 Å². The van der Waals surface area contributed by atoms with Crippen molar-refractivity contribution in [3.63, 3.8) is 0 Å². The molecule has 0 saturated carbocycles. The minimum absolute atomic E-state index is 0.0630. The lowest BCUT2D eigenvalue weighted by atomic mass is 10.2. The summed E-state index contributed by atoms with van der Waals surface area (Å²) < 4.78 is 26.9. The molecule has 6 heteroatoms. The first kappa shape index (κ1) is 16.4. The molecule has 0 aliphatic carbocycles. The molecular formula is C13H20ClNO3S. The van der Waals surface area contributed by atoms with Gasteiger partial charge in [-0.1, -0.05) is 42.6 Å². The topological polar surface area (TPSA) is 69.4 Å². The van der Waals surface area contributed by atoms with E-state index >= 15 is 0 Å². The Morgan fingerprint density at radius 1 is 1.11 bits per heavy atom. The van der Waals surface area contributed by atoms with Crippen LogP contribution in [0.5, 0.6) is 0 Å². The van der Waals surface area contributed by atoms with Crippen LogP contribution in [0, 0.1) is 0 Å². The molecule has 0 unspecified atom stereocenters. The fraction of sp³-hybridized carbons (Fsp3) is 0.538. The van der Waals surface area contributed by atoms with E-state index in [2.05, 4.69) is 0 Å². The molecule has 0 aromatic heterocycles. The molecule has 1 aromatic carbocycles. The van der Waals surface area contributed by atoms with Crippen molar-refractivity contribution in [2.24, 2.45) is 5.14 Å². The van der Waals surface area contributed by atoms with Gasteiger partial charge in [-0.2, -0.15) is 0 Å².